The molecule has 0 spiro atoms. The van der Waals surface area contributed by atoms with Gasteiger partial charge >= 0.3 is 0 Å². The molecular weight excluding hydrogens is 574 g/mol. The number of hydrogen-bond acceptors (Lipinski definition) is 5. The largest absolute Gasteiger partial charge is 0.492 e. The van der Waals surface area contributed by atoms with Gasteiger partial charge in [0.05, 0.1) is 18.6 Å². The summed E-state index contributed by atoms with van der Waals surface area (Å²) in [5.74, 6) is 0.133. The van der Waals surface area contributed by atoms with Gasteiger partial charge in [-0.25, -0.2) is 8.42 Å². The Balaban J connectivity index is 1.58. The van der Waals surface area contributed by atoms with Gasteiger partial charge in [0.25, 0.3) is 0 Å². The Morgan fingerprint density at radius 3 is 2.14 bits per heavy atom. The standard InChI is InChI=1S/C35H45N3O5S/c1-3-43-33-23-14-13-22-31(33)38(44(2,41)42)25-15-24-34(39)37(27-29-18-9-5-10-19-29)32(26-28-16-7-4-8-17-28)35(40)36-30-20-11-6-12-21-30/h4-5,7-10,13-14,16-19,22-23,30,32H,3,6,11-12,15,20-21,24-27H2,1-2H3,(H,36,40). The van der Waals surface area contributed by atoms with Crippen LogP contribution in [0.3, 0.4) is 0 Å². The van der Waals surface area contributed by atoms with Crippen molar-refractivity contribution in [2.75, 3.05) is 23.7 Å². The van der Waals surface area contributed by atoms with Crippen molar-refractivity contribution in [2.45, 2.75) is 76.9 Å². The van der Waals surface area contributed by atoms with E-state index in [1.54, 1.807) is 29.2 Å². The molecule has 2 amide bonds. The van der Waals surface area contributed by atoms with Crippen LogP contribution < -0.4 is 14.4 Å². The molecule has 1 aliphatic rings. The molecule has 0 aromatic heterocycles. The van der Waals surface area contributed by atoms with Gasteiger partial charge in [-0.2, -0.15) is 0 Å². The molecule has 1 atom stereocenters. The van der Waals surface area contributed by atoms with Crippen LogP contribution in [0, 0.1) is 0 Å². The number of anilines is 1. The van der Waals surface area contributed by atoms with Crippen molar-refractivity contribution in [1.82, 2.24) is 10.2 Å². The average Bonchev–Trinajstić information content (AvgIpc) is 3.02. The molecule has 1 saturated carbocycles. The fourth-order valence-electron chi connectivity index (χ4n) is 5.80. The molecule has 1 unspecified atom stereocenters. The minimum absolute atomic E-state index is 0.0810. The smallest absolute Gasteiger partial charge is 0.243 e. The highest BCUT2D eigenvalue weighted by molar-refractivity contribution is 7.92. The van der Waals surface area contributed by atoms with Crippen LogP contribution in [0.25, 0.3) is 0 Å². The molecule has 4 rings (SSSR count). The zero-order chi connectivity index (χ0) is 31.4. The second-order valence-electron chi connectivity index (χ2n) is 11.4. The van der Waals surface area contributed by atoms with Gasteiger partial charge in [-0.3, -0.25) is 13.9 Å². The summed E-state index contributed by atoms with van der Waals surface area (Å²) in [6.07, 6.45) is 7.14. The average molecular weight is 620 g/mol. The van der Waals surface area contributed by atoms with Gasteiger partial charge in [0, 0.05) is 32.0 Å². The molecule has 3 aromatic rings. The fraction of sp³-hybridized carbons (Fsp3) is 0.429. The first-order valence-electron chi connectivity index (χ1n) is 15.6. The normalized spacial score (nSPS) is 14.4. The van der Waals surface area contributed by atoms with Crippen molar-refractivity contribution in [2.24, 2.45) is 0 Å². The minimum atomic E-state index is -3.65. The molecule has 0 bridgehead atoms. The quantitative estimate of drug-likeness (QED) is 0.235. The lowest BCUT2D eigenvalue weighted by Crippen LogP contribution is -2.52. The predicted molar refractivity (Wildman–Crippen MR) is 175 cm³/mol. The molecular formula is C35H45N3O5S. The highest BCUT2D eigenvalue weighted by Crippen LogP contribution is 2.30. The Morgan fingerprint density at radius 2 is 1.50 bits per heavy atom. The first kappa shape index (κ1) is 33.1. The molecule has 1 N–H and O–H groups in total. The molecule has 0 radical (unpaired) electrons. The van der Waals surface area contributed by atoms with Gasteiger partial charge in [0.2, 0.25) is 21.8 Å². The maximum absolute atomic E-state index is 14.1. The lowest BCUT2D eigenvalue weighted by molar-refractivity contribution is -0.141. The number of nitrogens with one attached hydrogen (secondary N) is 1. The van der Waals surface area contributed by atoms with E-state index >= 15 is 0 Å². The van der Waals surface area contributed by atoms with Gasteiger partial charge in [0.15, 0.2) is 0 Å². The van der Waals surface area contributed by atoms with Crippen LogP contribution in [0.1, 0.15) is 63.0 Å². The third kappa shape index (κ3) is 9.58. The van der Waals surface area contributed by atoms with Crippen molar-refractivity contribution in [3.8, 4) is 5.75 Å². The summed E-state index contributed by atoms with van der Waals surface area (Å²) in [5.41, 5.74) is 2.34. The van der Waals surface area contributed by atoms with Crippen LogP contribution in [0.15, 0.2) is 84.9 Å². The summed E-state index contributed by atoms with van der Waals surface area (Å²) in [6.45, 7) is 2.62. The molecule has 44 heavy (non-hydrogen) atoms. The molecule has 236 valence electrons. The van der Waals surface area contributed by atoms with Gasteiger partial charge in [-0.05, 0) is 49.4 Å². The van der Waals surface area contributed by atoms with Crippen LogP contribution in [-0.4, -0.2) is 56.6 Å². The van der Waals surface area contributed by atoms with Crippen molar-refractivity contribution in [1.29, 1.82) is 0 Å². The summed E-state index contributed by atoms with van der Waals surface area (Å²) in [4.78, 5) is 29.7. The van der Waals surface area contributed by atoms with Crippen LogP contribution in [0.5, 0.6) is 5.75 Å². The number of para-hydroxylation sites is 2. The number of carbonyl (C=O) groups is 2. The van der Waals surface area contributed by atoms with Crippen LogP contribution >= 0.6 is 0 Å². The van der Waals surface area contributed by atoms with E-state index in [1.165, 1.54) is 10.7 Å². The van der Waals surface area contributed by atoms with Crippen molar-refractivity contribution in [3.05, 3.63) is 96.1 Å². The number of rotatable bonds is 15. The van der Waals surface area contributed by atoms with E-state index in [1.807, 2.05) is 67.6 Å². The van der Waals surface area contributed by atoms with Crippen LogP contribution in [0.2, 0.25) is 0 Å². The van der Waals surface area contributed by atoms with Crippen molar-refractivity contribution < 1.29 is 22.7 Å². The van der Waals surface area contributed by atoms with Gasteiger partial charge in [-0.15, -0.1) is 0 Å². The lowest BCUT2D eigenvalue weighted by atomic mass is 9.94. The highest BCUT2D eigenvalue weighted by atomic mass is 32.2. The van der Waals surface area contributed by atoms with E-state index in [0.717, 1.165) is 43.1 Å². The van der Waals surface area contributed by atoms with Gasteiger partial charge in [-0.1, -0.05) is 92.1 Å². The third-order valence-electron chi connectivity index (χ3n) is 8.00. The Morgan fingerprint density at radius 1 is 0.886 bits per heavy atom. The second kappa shape index (κ2) is 16.3. The SMILES string of the molecule is CCOc1ccccc1N(CCCC(=O)N(Cc1ccccc1)C(Cc1ccccc1)C(=O)NC1CCCCC1)S(C)(=O)=O. The molecule has 8 nitrogen and oxygen atoms in total. The zero-order valence-electron chi connectivity index (χ0n) is 25.9. The maximum atomic E-state index is 14.1. The summed E-state index contributed by atoms with van der Waals surface area (Å²) in [6, 6.07) is 25.9. The number of sulfonamides is 1. The Hall–Kier alpha value is -3.85. The van der Waals surface area contributed by atoms with Crippen LogP contribution in [-0.2, 0) is 32.6 Å². The Labute approximate surface area is 262 Å². The predicted octanol–water partition coefficient (Wildman–Crippen LogP) is 5.72. The Bertz CT molecular complexity index is 1440. The van der Waals surface area contributed by atoms with Crippen molar-refractivity contribution in [3.63, 3.8) is 0 Å². The molecule has 0 aliphatic heterocycles. The summed E-state index contributed by atoms with van der Waals surface area (Å²) in [5, 5.41) is 3.26. The van der Waals surface area contributed by atoms with E-state index in [0.29, 0.717) is 24.5 Å². The van der Waals surface area contributed by atoms with Gasteiger partial charge < -0.3 is 15.0 Å². The molecule has 3 aromatic carbocycles. The maximum Gasteiger partial charge on any atom is 0.243 e. The number of amides is 2. The van der Waals surface area contributed by atoms with E-state index in [-0.39, 0.29) is 43.8 Å². The number of benzene rings is 3. The van der Waals surface area contributed by atoms with E-state index in [2.05, 4.69) is 5.32 Å². The molecule has 1 fully saturated rings. The number of nitrogens with zero attached hydrogens (tertiary/aromatic N) is 2. The van der Waals surface area contributed by atoms with Crippen LogP contribution in [0.4, 0.5) is 5.69 Å². The van der Waals surface area contributed by atoms with E-state index in [9.17, 15) is 18.0 Å². The first-order chi connectivity index (χ1) is 21.3. The topological polar surface area (TPSA) is 96.0 Å². The number of ether oxygens (including phenoxy) is 1. The number of hydrogen-bond donors (Lipinski definition) is 1. The Kier molecular flexibility index (Phi) is 12.2. The molecule has 0 heterocycles. The zero-order valence-corrected chi connectivity index (χ0v) is 26.7. The van der Waals surface area contributed by atoms with E-state index < -0.39 is 16.1 Å². The minimum Gasteiger partial charge on any atom is -0.492 e. The molecule has 0 saturated heterocycles. The lowest BCUT2D eigenvalue weighted by Gasteiger charge is -2.34. The fourth-order valence-corrected chi connectivity index (χ4v) is 6.77. The van der Waals surface area contributed by atoms with Gasteiger partial charge in [0.1, 0.15) is 11.8 Å². The second-order valence-corrected chi connectivity index (χ2v) is 13.3. The number of carbonyl (C=O) groups excluding carboxylic acids is 2. The summed E-state index contributed by atoms with van der Waals surface area (Å²) < 4.78 is 32.7. The van der Waals surface area contributed by atoms with E-state index in [4.69, 9.17) is 4.74 Å². The first-order valence-corrected chi connectivity index (χ1v) is 17.5. The molecule has 9 heteroatoms. The monoisotopic (exact) mass is 619 g/mol. The summed E-state index contributed by atoms with van der Waals surface area (Å²) in [7, 11) is -3.65. The van der Waals surface area contributed by atoms with Crippen molar-refractivity contribution >= 4 is 27.5 Å². The summed E-state index contributed by atoms with van der Waals surface area (Å²) >= 11 is 0. The third-order valence-corrected chi connectivity index (χ3v) is 9.18. The highest BCUT2D eigenvalue weighted by Gasteiger charge is 2.32. The molecule has 1 aliphatic carbocycles.